The molecule has 0 radical (unpaired) electrons. The molecular formula is C12H21N3O4. The molecule has 0 aromatic heterocycles. The Bertz CT molecular complexity index is 346. The molecule has 1 heterocycles. The van der Waals surface area contributed by atoms with Gasteiger partial charge in [-0.2, -0.15) is 0 Å². The fraction of sp³-hybridized carbons (Fsp3) is 0.750. The van der Waals surface area contributed by atoms with Crippen LogP contribution in [0.4, 0.5) is 4.79 Å². The number of piperidine rings is 1. The minimum absolute atomic E-state index is 0.0292. The van der Waals surface area contributed by atoms with Gasteiger partial charge >= 0.3 is 12.0 Å². The van der Waals surface area contributed by atoms with Crippen LogP contribution in [0.2, 0.25) is 0 Å². The van der Waals surface area contributed by atoms with Crippen molar-refractivity contribution in [3.8, 4) is 0 Å². The van der Waals surface area contributed by atoms with Gasteiger partial charge in [0.05, 0.1) is 0 Å². The van der Waals surface area contributed by atoms with Crippen LogP contribution in [0.5, 0.6) is 0 Å². The van der Waals surface area contributed by atoms with E-state index in [1.165, 1.54) is 0 Å². The second-order valence-corrected chi connectivity index (χ2v) is 4.72. The Labute approximate surface area is 112 Å². The number of carboxylic acids is 1. The average molecular weight is 271 g/mol. The summed E-state index contributed by atoms with van der Waals surface area (Å²) in [6, 6.07) is -0.269. The Morgan fingerprint density at radius 1 is 1.26 bits per heavy atom. The lowest BCUT2D eigenvalue weighted by molar-refractivity contribution is -0.137. The van der Waals surface area contributed by atoms with E-state index in [0.29, 0.717) is 13.0 Å². The molecule has 0 aromatic rings. The Morgan fingerprint density at radius 3 is 2.63 bits per heavy atom. The smallest absolute Gasteiger partial charge is 0.317 e. The maximum Gasteiger partial charge on any atom is 0.317 e. The van der Waals surface area contributed by atoms with Crippen molar-refractivity contribution in [3.63, 3.8) is 0 Å². The first kappa shape index (κ1) is 15.3. The number of amides is 3. The Morgan fingerprint density at radius 2 is 2.00 bits per heavy atom. The van der Waals surface area contributed by atoms with Crippen molar-refractivity contribution in [2.24, 2.45) is 5.73 Å². The molecule has 0 saturated carbocycles. The fourth-order valence-corrected chi connectivity index (χ4v) is 2.25. The molecule has 1 aliphatic rings. The number of carbonyl (C=O) groups excluding carboxylic acids is 2. The molecule has 19 heavy (non-hydrogen) atoms. The van der Waals surface area contributed by atoms with Crippen LogP contribution in [-0.4, -0.2) is 47.0 Å². The number of likely N-dealkylation sites (tertiary alicyclic amines) is 1. The molecule has 108 valence electrons. The van der Waals surface area contributed by atoms with Gasteiger partial charge in [-0.15, -0.1) is 0 Å². The third kappa shape index (κ3) is 5.58. The number of nitrogens with zero attached hydrogens (tertiary/aromatic N) is 1. The standard InChI is InChI=1S/C12H21N3O4/c13-10(16)6-7-14-12(19)15-8-2-1-3-9(15)4-5-11(17)18/h9H,1-8H2,(H2,13,16)(H,14,19)(H,17,18). The molecule has 0 aromatic carbocycles. The van der Waals surface area contributed by atoms with Crippen molar-refractivity contribution >= 4 is 17.9 Å². The highest BCUT2D eigenvalue weighted by molar-refractivity contribution is 5.77. The van der Waals surface area contributed by atoms with Gasteiger partial charge in [-0.3, -0.25) is 9.59 Å². The molecule has 0 aliphatic carbocycles. The zero-order valence-corrected chi connectivity index (χ0v) is 10.9. The van der Waals surface area contributed by atoms with E-state index in [-0.39, 0.29) is 31.5 Å². The van der Waals surface area contributed by atoms with Gasteiger partial charge in [0.25, 0.3) is 0 Å². The van der Waals surface area contributed by atoms with E-state index in [2.05, 4.69) is 5.32 Å². The van der Waals surface area contributed by atoms with Crippen LogP contribution in [0.15, 0.2) is 0 Å². The van der Waals surface area contributed by atoms with E-state index in [1.807, 2.05) is 0 Å². The maximum absolute atomic E-state index is 11.9. The van der Waals surface area contributed by atoms with Crippen molar-refractivity contribution in [2.45, 2.75) is 44.6 Å². The number of rotatable bonds is 6. The van der Waals surface area contributed by atoms with E-state index < -0.39 is 11.9 Å². The highest BCUT2D eigenvalue weighted by Gasteiger charge is 2.26. The SMILES string of the molecule is NC(=O)CCNC(=O)N1CCCCC1CCC(=O)O. The van der Waals surface area contributed by atoms with Crippen LogP contribution in [-0.2, 0) is 9.59 Å². The molecule has 1 saturated heterocycles. The summed E-state index contributed by atoms with van der Waals surface area (Å²) < 4.78 is 0. The van der Waals surface area contributed by atoms with Crippen molar-refractivity contribution in [1.82, 2.24) is 10.2 Å². The third-order valence-corrected chi connectivity index (χ3v) is 3.23. The molecule has 0 spiro atoms. The topological polar surface area (TPSA) is 113 Å². The molecule has 3 amide bonds. The number of nitrogens with two attached hydrogens (primary N) is 1. The number of hydrogen-bond donors (Lipinski definition) is 3. The van der Waals surface area contributed by atoms with Crippen molar-refractivity contribution in [2.75, 3.05) is 13.1 Å². The summed E-state index contributed by atoms with van der Waals surface area (Å²) in [4.78, 5) is 34.8. The summed E-state index contributed by atoms with van der Waals surface area (Å²) in [5.74, 6) is -1.30. The van der Waals surface area contributed by atoms with E-state index >= 15 is 0 Å². The molecule has 7 heteroatoms. The van der Waals surface area contributed by atoms with Crippen molar-refractivity contribution < 1.29 is 19.5 Å². The number of carboxylic acid groups (broad SMARTS) is 1. The van der Waals surface area contributed by atoms with E-state index in [0.717, 1.165) is 19.3 Å². The molecule has 1 rings (SSSR count). The number of primary amides is 1. The summed E-state index contributed by atoms with van der Waals surface area (Å²) >= 11 is 0. The van der Waals surface area contributed by atoms with Crippen molar-refractivity contribution in [3.05, 3.63) is 0 Å². The molecule has 1 atom stereocenters. The van der Waals surface area contributed by atoms with Crippen LogP contribution in [0.3, 0.4) is 0 Å². The summed E-state index contributed by atoms with van der Waals surface area (Å²) in [5, 5.41) is 11.3. The highest BCUT2D eigenvalue weighted by atomic mass is 16.4. The van der Waals surface area contributed by atoms with Gasteiger partial charge in [0.2, 0.25) is 5.91 Å². The quantitative estimate of drug-likeness (QED) is 0.644. The number of aliphatic carboxylic acids is 1. The van der Waals surface area contributed by atoms with Gasteiger partial charge in [0.1, 0.15) is 0 Å². The lowest BCUT2D eigenvalue weighted by Crippen LogP contribution is -2.49. The average Bonchev–Trinajstić information content (AvgIpc) is 2.36. The molecular weight excluding hydrogens is 250 g/mol. The van der Waals surface area contributed by atoms with Gasteiger partial charge in [0, 0.05) is 32.0 Å². The lowest BCUT2D eigenvalue weighted by Gasteiger charge is -2.35. The molecule has 4 N–H and O–H groups in total. The predicted molar refractivity (Wildman–Crippen MR) is 68.4 cm³/mol. The number of hydrogen-bond acceptors (Lipinski definition) is 3. The van der Waals surface area contributed by atoms with Gasteiger partial charge in [-0.1, -0.05) is 0 Å². The van der Waals surface area contributed by atoms with Crippen LogP contribution in [0.25, 0.3) is 0 Å². The van der Waals surface area contributed by atoms with Crippen molar-refractivity contribution in [1.29, 1.82) is 0 Å². The zero-order chi connectivity index (χ0) is 14.3. The van der Waals surface area contributed by atoms with Gasteiger partial charge in [-0.05, 0) is 25.7 Å². The van der Waals surface area contributed by atoms with Crippen LogP contribution in [0, 0.1) is 0 Å². The van der Waals surface area contributed by atoms with Crippen LogP contribution >= 0.6 is 0 Å². The molecule has 1 unspecified atom stereocenters. The van der Waals surface area contributed by atoms with E-state index in [4.69, 9.17) is 10.8 Å². The Kier molecular flexibility index (Phi) is 6.11. The summed E-state index contributed by atoms with van der Waals surface area (Å²) in [6.45, 7) is 0.850. The zero-order valence-electron chi connectivity index (χ0n) is 10.9. The largest absolute Gasteiger partial charge is 0.481 e. The molecule has 0 bridgehead atoms. The Hall–Kier alpha value is -1.79. The number of carbonyl (C=O) groups is 3. The monoisotopic (exact) mass is 271 g/mol. The first-order chi connectivity index (χ1) is 9.00. The minimum atomic E-state index is -0.848. The normalized spacial score (nSPS) is 18.9. The third-order valence-electron chi connectivity index (χ3n) is 3.23. The van der Waals surface area contributed by atoms with E-state index in [9.17, 15) is 14.4 Å². The minimum Gasteiger partial charge on any atom is -0.481 e. The van der Waals surface area contributed by atoms with Crippen LogP contribution < -0.4 is 11.1 Å². The Balaban J connectivity index is 2.43. The molecule has 1 aliphatic heterocycles. The van der Waals surface area contributed by atoms with Gasteiger partial charge in [0.15, 0.2) is 0 Å². The predicted octanol–water partition coefficient (Wildman–Crippen LogP) is 0.291. The highest BCUT2D eigenvalue weighted by Crippen LogP contribution is 2.20. The van der Waals surface area contributed by atoms with Gasteiger partial charge < -0.3 is 21.1 Å². The van der Waals surface area contributed by atoms with Gasteiger partial charge in [-0.25, -0.2) is 4.79 Å². The first-order valence-electron chi connectivity index (χ1n) is 6.55. The van der Waals surface area contributed by atoms with E-state index in [1.54, 1.807) is 4.90 Å². The second-order valence-electron chi connectivity index (χ2n) is 4.72. The lowest BCUT2D eigenvalue weighted by atomic mass is 9.98. The summed E-state index contributed by atoms with van der Waals surface area (Å²) in [6.07, 6.45) is 3.41. The van der Waals surface area contributed by atoms with Crippen LogP contribution in [0.1, 0.15) is 38.5 Å². The summed E-state index contributed by atoms with van der Waals surface area (Å²) in [5.41, 5.74) is 5.00. The molecule has 1 fully saturated rings. The number of urea groups is 1. The summed E-state index contributed by atoms with van der Waals surface area (Å²) in [7, 11) is 0. The first-order valence-corrected chi connectivity index (χ1v) is 6.55. The maximum atomic E-state index is 11.9. The fourth-order valence-electron chi connectivity index (χ4n) is 2.25. The second kappa shape index (κ2) is 7.60. The number of nitrogens with one attached hydrogen (secondary N) is 1. The molecule has 7 nitrogen and oxygen atoms in total.